The van der Waals surface area contributed by atoms with Crippen molar-refractivity contribution in [3.8, 4) is 0 Å². The predicted octanol–water partition coefficient (Wildman–Crippen LogP) is 2.66. The van der Waals surface area contributed by atoms with Gasteiger partial charge < -0.3 is 15.1 Å². The Morgan fingerprint density at radius 2 is 1.78 bits per heavy atom. The maximum atomic E-state index is 14.7. The van der Waals surface area contributed by atoms with E-state index in [1.165, 1.54) is 18.5 Å². The second kappa shape index (κ2) is 7.46. The van der Waals surface area contributed by atoms with Gasteiger partial charge in [-0.1, -0.05) is 12.1 Å². The van der Waals surface area contributed by atoms with Gasteiger partial charge in [0.2, 0.25) is 0 Å². The molecule has 0 spiro atoms. The zero-order valence-electron chi connectivity index (χ0n) is 14.9. The topological polar surface area (TPSA) is 61.4 Å². The van der Waals surface area contributed by atoms with Gasteiger partial charge in [0.1, 0.15) is 12.1 Å². The van der Waals surface area contributed by atoms with Crippen LogP contribution in [0.1, 0.15) is 30.0 Å². The van der Waals surface area contributed by atoms with Gasteiger partial charge in [0.05, 0.1) is 5.69 Å². The summed E-state index contributed by atoms with van der Waals surface area (Å²) >= 11 is 0. The van der Waals surface area contributed by atoms with Gasteiger partial charge in [-0.15, -0.1) is 0 Å². The molecule has 1 saturated carbocycles. The third kappa shape index (κ3) is 3.99. The van der Waals surface area contributed by atoms with E-state index in [1.54, 1.807) is 17.0 Å². The van der Waals surface area contributed by atoms with Crippen molar-refractivity contribution in [1.29, 1.82) is 0 Å². The number of hydrogen-bond acceptors (Lipinski definition) is 4. The van der Waals surface area contributed by atoms with Crippen molar-refractivity contribution in [3.05, 3.63) is 53.5 Å². The van der Waals surface area contributed by atoms with E-state index < -0.39 is 0 Å². The fourth-order valence-electron chi connectivity index (χ4n) is 3.25. The molecular weight excluding hydrogens is 352 g/mol. The first-order chi connectivity index (χ1) is 13.1. The average Bonchev–Trinajstić information content (AvgIpc) is 3.53. The van der Waals surface area contributed by atoms with E-state index in [-0.39, 0.29) is 23.6 Å². The number of rotatable bonds is 4. The van der Waals surface area contributed by atoms with Crippen molar-refractivity contribution in [2.24, 2.45) is 0 Å². The molecule has 2 aromatic rings. The van der Waals surface area contributed by atoms with E-state index in [4.69, 9.17) is 0 Å². The lowest BCUT2D eigenvalue weighted by molar-refractivity contribution is 0.193. The lowest BCUT2D eigenvalue weighted by atomic mass is 10.2. The van der Waals surface area contributed by atoms with Crippen LogP contribution in [0.4, 0.5) is 19.4 Å². The quantitative estimate of drug-likeness (QED) is 0.895. The number of urea groups is 1. The molecule has 1 aliphatic carbocycles. The number of anilines is 1. The Morgan fingerprint density at radius 3 is 2.44 bits per heavy atom. The first-order valence-electron chi connectivity index (χ1n) is 9.14. The first-order valence-corrected chi connectivity index (χ1v) is 9.14. The molecule has 1 aromatic heterocycles. The summed E-state index contributed by atoms with van der Waals surface area (Å²) < 4.78 is 27.6. The number of nitrogens with zero attached hydrogens (tertiary/aromatic N) is 4. The van der Waals surface area contributed by atoms with E-state index in [0.717, 1.165) is 18.4 Å². The van der Waals surface area contributed by atoms with Crippen LogP contribution in [-0.2, 0) is 6.54 Å². The summed E-state index contributed by atoms with van der Waals surface area (Å²) in [7, 11) is 0. The van der Waals surface area contributed by atoms with Crippen LogP contribution in [0.5, 0.6) is 0 Å². The van der Waals surface area contributed by atoms with Crippen LogP contribution in [0, 0.1) is 11.6 Å². The molecule has 2 fully saturated rings. The van der Waals surface area contributed by atoms with Crippen molar-refractivity contribution >= 4 is 11.8 Å². The third-order valence-electron chi connectivity index (χ3n) is 4.99. The van der Waals surface area contributed by atoms with Crippen LogP contribution in [0.2, 0.25) is 0 Å². The molecular formula is C19H21F2N5O. The summed E-state index contributed by atoms with van der Waals surface area (Å²) in [4.78, 5) is 24.1. The first kappa shape index (κ1) is 17.6. The number of amides is 2. The monoisotopic (exact) mass is 373 g/mol. The fraction of sp³-hybridized carbons (Fsp3) is 0.421. The van der Waals surface area contributed by atoms with E-state index in [9.17, 15) is 13.6 Å². The molecule has 2 aliphatic rings. The minimum atomic E-state index is -0.325. The van der Waals surface area contributed by atoms with Crippen LogP contribution in [0.3, 0.4) is 0 Å². The summed E-state index contributed by atoms with van der Waals surface area (Å²) in [5, 5.41) is 2.83. The number of hydrogen-bond donors (Lipinski definition) is 1. The summed E-state index contributed by atoms with van der Waals surface area (Å²) in [6.07, 6.45) is 3.39. The molecule has 8 heteroatoms. The number of halogens is 2. The van der Waals surface area contributed by atoms with Gasteiger partial charge in [-0.05, 0) is 30.5 Å². The number of piperazine rings is 1. The van der Waals surface area contributed by atoms with E-state index in [1.807, 2.05) is 4.90 Å². The van der Waals surface area contributed by atoms with Gasteiger partial charge in [0.15, 0.2) is 11.6 Å². The highest BCUT2D eigenvalue weighted by molar-refractivity contribution is 5.74. The molecule has 2 heterocycles. The van der Waals surface area contributed by atoms with Crippen molar-refractivity contribution in [2.45, 2.75) is 25.3 Å². The molecule has 0 unspecified atom stereocenters. The zero-order valence-corrected chi connectivity index (χ0v) is 14.9. The Morgan fingerprint density at radius 1 is 1.07 bits per heavy atom. The van der Waals surface area contributed by atoms with E-state index in [0.29, 0.717) is 44.2 Å². The van der Waals surface area contributed by atoms with Gasteiger partial charge in [-0.25, -0.2) is 23.5 Å². The highest BCUT2D eigenvalue weighted by atomic mass is 19.1. The van der Waals surface area contributed by atoms with Crippen LogP contribution in [0.15, 0.2) is 30.6 Å². The lowest BCUT2D eigenvalue weighted by Crippen LogP contribution is -2.52. The SMILES string of the molecule is O=C(NCc1ccc(F)cc1)N1CCN(c2ncnc(C3CC3)c2F)CC1. The van der Waals surface area contributed by atoms with Crippen molar-refractivity contribution < 1.29 is 13.6 Å². The molecule has 1 aliphatic heterocycles. The number of benzene rings is 1. The smallest absolute Gasteiger partial charge is 0.317 e. The highest BCUT2D eigenvalue weighted by Gasteiger charge is 2.31. The normalized spacial score (nSPS) is 17.1. The third-order valence-corrected chi connectivity index (χ3v) is 4.99. The van der Waals surface area contributed by atoms with Crippen molar-refractivity contribution in [3.63, 3.8) is 0 Å². The van der Waals surface area contributed by atoms with Crippen molar-refractivity contribution in [2.75, 3.05) is 31.1 Å². The maximum Gasteiger partial charge on any atom is 0.317 e. The molecule has 0 radical (unpaired) electrons. The van der Waals surface area contributed by atoms with Gasteiger partial charge in [0, 0.05) is 38.6 Å². The molecule has 6 nitrogen and oxygen atoms in total. The zero-order chi connectivity index (χ0) is 18.8. The number of nitrogens with one attached hydrogen (secondary N) is 1. The molecule has 1 saturated heterocycles. The van der Waals surface area contributed by atoms with Gasteiger partial charge in [-0.3, -0.25) is 0 Å². The number of carbonyl (C=O) groups excluding carboxylic acids is 1. The second-order valence-corrected chi connectivity index (χ2v) is 6.93. The Bertz CT molecular complexity index is 817. The molecule has 142 valence electrons. The molecule has 0 atom stereocenters. The Balaban J connectivity index is 1.31. The molecule has 0 bridgehead atoms. The standard InChI is InChI=1S/C19H21F2N5O/c20-15-5-1-13(2-6-15)11-22-19(27)26-9-7-25(8-10-26)18-16(21)17(14-3-4-14)23-12-24-18/h1-2,5-6,12,14H,3-4,7-11H2,(H,22,27). The van der Waals surface area contributed by atoms with Crippen molar-refractivity contribution in [1.82, 2.24) is 20.2 Å². The number of aromatic nitrogens is 2. The summed E-state index contributed by atoms with van der Waals surface area (Å²) in [6, 6.07) is 5.84. The molecule has 1 aromatic carbocycles. The lowest BCUT2D eigenvalue weighted by Gasteiger charge is -2.35. The Labute approximate surface area is 156 Å². The molecule has 1 N–H and O–H groups in total. The second-order valence-electron chi connectivity index (χ2n) is 6.93. The Kier molecular flexibility index (Phi) is 4.87. The summed E-state index contributed by atoms with van der Waals surface area (Å²) in [5.41, 5.74) is 1.35. The molecule has 2 amide bonds. The van der Waals surface area contributed by atoms with Crippen LogP contribution in [-0.4, -0.2) is 47.1 Å². The van der Waals surface area contributed by atoms with E-state index >= 15 is 0 Å². The minimum Gasteiger partial charge on any atom is -0.351 e. The predicted molar refractivity (Wildman–Crippen MR) is 96.4 cm³/mol. The maximum absolute atomic E-state index is 14.7. The van der Waals surface area contributed by atoms with Crippen LogP contribution >= 0.6 is 0 Å². The largest absolute Gasteiger partial charge is 0.351 e. The van der Waals surface area contributed by atoms with E-state index in [2.05, 4.69) is 15.3 Å². The van der Waals surface area contributed by atoms with Gasteiger partial charge >= 0.3 is 6.03 Å². The Hall–Kier alpha value is -2.77. The average molecular weight is 373 g/mol. The summed E-state index contributed by atoms with van der Waals surface area (Å²) in [5.74, 6) is -0.0687. The fourth-order valence-corrected chi connectivity index (χ4v) is 3.25. The molecule has 27 heavy (non-hydrogen) atoms. The van der Waals surface area contributed by atoms with Gasteiger partial charge in [-0.2, -0.15) is 0 Å². The highest BCUT2D eigenvalue weighted by Crippen LogP contribution is 2.41. The molecule has 4 rings (SSSR count). The summed E-state index contributed by atoms with van der Waals surface area (Å²) in [6.45, 7) is 2.34. The van der Waals surface area contributed by atoms with Gasteiger partial charge in [0.25, 0.3) is 0 Å². The van der Waals surface area contributed by atoms with Crippen LogP contribution < -0.4 is 10.2 Å². The number of carbonyl (C=O) groups is 1. The minimum absolute atomic E-state index is 0.180. The van der Waals surface area contributed by atoms with Crippen LogP contribution in [0.25, 0.3) is 0 Å².